The first kappa shape index (κ1) is 16.7. The van der Waals surface area contributed by atoms with E-state index >= 15 is 0 Å². The number of carbonyl (C=O) groups is 1. The minimum Gasteiger partial charge on any atom is -0.489 e. The highest BCUT2D eigenvalue weighted by Crippen LogP contribution is 2.26. The number of ether oxygens (including phenoxy) is 2. The molecule has 0 N–H and O–H groups in total. The van der Waals surface area contributed by atoms with Gasteiger partial charge < -0.3 is 9.47 Å². The zero-order valence-electron chi connectivity index (χ0n) is 13.7. The fourth-order valence-corrected chi connectivity index (χ4v) is 2.48. The summed E-state index contributed by atoms with van der Waals surface area (Å²) >= 11 is 0. The van der Waals surface area contributed by atoms with Crippen molar-refractivity contribution in [2.24, 2.45) is 0 Å². The largest absolute Gasteiger partial charge is 0.489 e. The van der Waals surface area contributed by atoms with E-state index in [9.17, 15) is 9.18 Å². The number of methoxy groups -OCH3 is 1. The first-order chi connectivity index (χ1) is 12.2. The quantitative estimate of drug-likeness (QED) is 0.624. The SMILES string of the molecule is COC(=O)c1ccc(-c2cccc(OCc3ccccc3)c2)cc1F. The summed E-state index contributed by atoms with van der Waals surface area (Å²) in [5.74, 6) is -0.609. The third kappa shape index (κ3) is 4.04. The number of hydrogen-bond acceptors (Lipinski definition) is 3. The molecule has 0 aliphatic rings. The van der Waals surface area contributed by atoms with Gasteiger partial charge in [-0.15, -0.1) is 0 Å². The number of carbonyl (C=O) groups excluding carboxylic acids is 1. The van der Waals surface area contributed by atoms with Gasteiger partial charge in [-0.2, -0.15) is 0 Å². The Morgan fingerprint density at radius 2 is 1.68 bits per heavy atom. The topological polar surface area (TPSA) is 35.5 Å². The molecular weight excluding hydrogens is 319 g/mol. The second-order valence-electron chi connectivity index (χ2n) is 5.49. The van der Waals surface area contributed by atoms with Crippen molar-refractivity contribution in [3.63, 3.8) is 0 Å². The van der Waals surface area contributed by atoms with Crippen LogP contribution < -0.4 is 4.74 Å². The van der Waals surface area contributed by atoms with Crippen LogP contribution in [0, 0.1) is 5.82 Å². The molecule has 3 rings (SSSR count). The second kappa shape index (κ2) is 7.62. The maximum absolute atomic E-state index is 14.1. The van der Waals surface area contributed by atoms with Crippen molar-refractivity contribution in [3.05, 3.63) is 89.7 Å². The molecule has 126 valence electrons. The van der Waals surface area contributed by atoms with Crippen molar-refractivity contribution in [3.8, 4) is 16.9 Å². The summed E-state index contributed by atoms with van der Waals surface area (Å²) in [6, 6.07) is 21.7. The molecule has 0 aliphatic carbocycles. The summed E-state index contributed by atoms with van der Waals surface area (Å²) < 4.78 is 24.5. The van der Waals surface area contributed by atoms with E-state index in [4.69, 9.17) is 4.74 Å². The van der Waals surface area contributed by atoms with Crippen LogP contribution in [0.5, 0.6) is 5.75 Å². The molecule has 0 bridgehead atoms. The first-order valence-electron chi connectivity index (χ1n) is 7.82. The molecule has 0 radical (unpaired) electrons. The minimum atomic E-state index is -0.691. The van der Waals surface area contributed by atoms with E-state index in [1.54, 1.807) is 6.07 Å². The Balaban J connectivity index is 1.79. The van der Waals surface area contributed by atoms with Crippen LogP contribution in [0.1, 0.15) is 15.9 Å². The average molecular weight is 336 g/mol. The zero-order chi connectivity index (χ0) is 17.6. The van der Waals surface area contributed by atoms with Gasteiger partial charge in [0.25, 0.3) is 0 Å². The van der Waals surface area contributed by atoms with Crippen molar-refractivity contribution in [2.45, 2.75) is 6.61 Å². The summed E-state index contributed by atoms with van der Waals surface area (Å²) in [6.07, 6.45) is 0. The van der Waals surface area contributed by atoms with E-state index in [1.165, 1.54) is 19.2 Å². The van der Waals surface area contributed by atoms with E-state index in [2.05, 4.69) is 4.74 Å². The van der Waals surface area contributed by atoms with E-state index in [0.29, 0.717) is 17.9 Å². The number of halogens is 1. The third-order valence-corrected chi connectivity index (χ3v) is 3.79. The normalized spacial score (nSPS) is 10.3. The molecule has 4 heteroatoms. The van der Waals surface area contributed by atoms with Gasteiger partial charge in [-0.25, -0.2) is 9.18 Å². The molecule has 0 saturated heterocycles. The summed E-state index contributed by atoms with van der Waals surface area (Å²) in [5.41, 5.74) is 2.46. The van der Waals surface area contributed by atoms with Crippen LogP contribution in [0.2, 0.25) is 0 Å². The van der Waals surface area contributed by atoms with Crippen LogP contribution in [0.25, 0.3) is 11.1 Å². The fourth-order valence-electron chi connectivity index (χ4n) is 2.48. The lowest BCUT2D eigenvalue weighted by Gasteiger charge is -2.09. The fraction of sp³-hybridized carbons (Fsp3) is 0.0952. The Kier molecular flexibility index (Phi) is 5.09. The maximum Gasteiger partial charge on any atom is 0.340 e. The van der Waals surface area contributed by atoms with Gasteiger partial charge in [-0.05, 0) is 41.0 Å². The van der Waals surface area contributed by atoms with Crippen molar-refractivity contribution < 1.29 is 18.7 Å². The van der Waals surface area contributed by atoms with Crippen LogP contribution in [0.3, 0.4) is 0 Å². The number of esters is 1. The Labute approximate surface area is 145 Å². The molecule has 3 aromatic rings. The van der Waals surface area contributed by atoms with Crippen LogP contribution in [0.4, 0.5) is 4.39 Å². The Morgan fingerprint density at radius 1 is 0.920 bits per heavy atom. The lowest BCUT2D eigenvalue weighted by atomic mass is 10.0. The Morgan fingerprint density at radius 3 is 2.40 bits per heavy atom. The molecule has 0 saturated carbocycles. The standard InChI is InChI=1S/C21H17FO3/c1-24-21(23)19-11-10-17(13-20(19)22)16-8-5-9-18(12-16)25-14-15-6-3-2-4-7-15/h2-13H,14H2,1H3. The zero-order valence-corrected chi connectivity index (χ0v) is 13.7. The molecule has 0 aliphatic heterocycles. The van der Waals surface area contributed by atoms with Gasteiger partial charge >= 0.3 is 5.97 Å². The summed E-state index contributed by atoms with van der Waals surface area (Å²) in [7, 11) is 1.23. The molecule has 0 fully saturated rings. The van der Waals surface area contributed by atoms with Crippen LogP contribution in [-0.2, 0) is 11.3 Å². The highest BCUT2D eigenvalue weighted by molar-refractivity contribution is 5.90. The molecule has 0 unspecified atom stereocenters. The molecular formula is C21H17FO3. The average Bonchev–Trinajstić information content (AvgIpc) is 2.67. The smallest absolute Gasteiger partial charge is 0.340 e. The molecule has 0 aromatic heterocycles. The van der Waals surface area contributed by atoms with Crippen LogP contribution in [-0.4, -0.2) is 13.1 Å². The maximum atomic E-state index is 14.1. The van der Waals surface area contributed by atoms with Gasteiger partial charge in [0, 0.05) is 0 Å². The molecule has 25 heavy (non-hydrogen) atoms. The molecule has 0 heterocycles. The molecule has 3 aromatic carbocycles. The molecule has 3 nitrogen and oxygen atoms in total. The second-order valence-corrected chi connectivity index (χ2v) is 5.49. The summed E-state index contributed by atoms with van der Waals surface area (Å²) in [5, 5.41) is 0. The number of hydrogen-bond donors (Lipinski definition) is 0. The van der Waals surface area contributed by atoms with Gasteiger partial charge in [-0.1, -0.05) is 48.5 Å². The van der Waals surface area contributed by atoms with Gasteiger partial charge in [-0.3, -0.25) is 0 Å². The van der Waals surface area contributed by atoms with E-state index in [1.807, 2.05) is 54.6 Å². The first-order valence-corrected chi connectivity index (χ1v) is 7.82. The molecule has 0 spiro atoms. The lowest BCUT2D eigenvalue weighted by Crippen LogP contribution is -2.04. The Hall–Kier alpha value is -3.14. The van der Waals surface area contributed by atoms with Crippen molar-refractivity contribution in [2.75, 3.05) is 7.11 Å². The van der Waals surface area contributed by atoms with E-state index in [-0.39, 0.29) is 5.56 Å². The molecule has 0 amide bonds. The highest BCUT2D eigenvalue weighted by Gasteiger charge is 2.13. The Bertz CT molecular complexity index is 875. The predicted molar refractivity (Wildman–Crippen MR) is 93.9 cm³/mol. The van der Waals surface area contributed by atoms with Crippen LogP contribution in [0.15, 0.2) is 72.8 Å². The summed E-state index contributed by atoms with van der Waals surface area (Å²) in [6.45, 7) is 0.458. The minimum absolute atomic E-state index is 0.0808. The molecule has 0 atom stereocenters. The highest BCUT2D eigenvalue weighted by atomic mass is 19.1. The monoisotopic (exact) mass is 336 g/mol. The number of rotatable bonds is 5. The van der Waals surface area contributed by atoms with E-state index < -0.39 is 11.8 Å². The summed E-state index contributed by atoms with van der Waals surface area (Å²) in [4.78, 5) is 11.5. The predicted octanol–water partition coefficient (Wildman–Crippen LogP) is 4.86. The van der Waals surface area contributed by atoms with Gasteiger partial charge in [0.2, 0.25) is 0 Å². The van der Waals surface area contributed by atoms with Crippen molar-refractivity contribution in [1.29, 1.82) is 0 Å². The van der Waals surface area contributed by atoms with Gasteiger partial charge in [0.05, 0.1) is 12.7 Å². The lowest BCUT2D eigenvalue weighted by molar-refractivity contribution is 0.0595. The number of benzene rings is 3. The third-order valence-electron chi connectivity index (χ3n) is 3.79. The van der Waals surface area contributed by atoms with Gasteiger partial charge in [0.1, 0.15) is 18.2 Å². The van der Waals surface area contributed by atoms with Crippen molar-refractivity contribution in [1.82, 2.24) is 0 Å². The van der Waals surface area contributed by atoms with Crippen LogP contribution >= 0.6 is 0 Å². The van der Waals surface area contributed by atoms with Crippen molar-refractivity contribution >= 4 is 5.97 Å². The van der Waals surface area contributed by atoms with E-state index in [0.717, 1.165) is 11.1 Å². The van der Waals surface area contributed by atoms with Gasteiger partial charge in [0.15, 0.2) is 0 Å².